The van der Waals surface area contributed by atoms with Crippen molar-refractivity contribution in [2.24, 2.45) is 0 Å². The van der Waals surface area contributed by atoms with Gasteiger partial charge in [0.2, 0.25) is 11.8 Å². The van der Waals surface area contributed by atoms with Gasteiger partial charge in [-0.3, -0.25) is 9.59 Å². The third kappa shape index (κ3) is 4.94. The fourth-order valence-electron chi connectivity index (χ4n) is 2.33. The summed E-state index contributed by atoms with van der Waals surface area (Å²) < 4.78 is 12.9. The molecule has 8 heteroatoms. The number of urea groups is 1. The number of amides is 4. The summed E-state index contributed by atoms with van der Waals surface area (Å²) in [4.78, 5) is 35.9. The van der Waals surface area contributed by atoms with Crippen molar-refractivity contribution in [1.82, 2.24) is 16.0 Å². The number of hydrogen-bond donors (Lipinski definition) is 3. The van der Waals surface area contributed by atoms with Gasteiger partial charge >= 0.3 is 6.03 Å². The summed E-state index contributed by atoms with van der Waals surface area (Å²) in [6.45, 7) is 2.37. The third-order valence-electron chi connectivity index (χ3n) is 3.38. The molecule has 3 N–H and O–H groups in total. The number of anilines is 1. The van der Waals surface area contributed by atoms with E-state index in [0.717, 1.165) is 0 Å². The Morgan fingerprint density at radius 2 is 1.87 bits per heavy atom. The highest BCUT2D eigenvalue weighted by Crippen LogP contribution is 2.21. The lowest BCUT2D eigenvalue weighted by Crippen LogP contribution is -2.45. The number of hydrogen-bond acceptors (Lipinski definition) is 3. The number of benzene rings is 1. The Labute approximate surface area is 133 Å². The number of nitrogens with one attached hydrogen (secondary N) is 3. The summed E-state index contributed by atoms with van der Waals surface area (Å²) in [6, 6.07) is 4.94. The summed E-state index contributed by atoms with van der Waals surface area (Å²) in [5, 5.41) is 7.87. The Morgan fingerprint density at radius 3 is 2.52 bits per heavy atom. The van der Waals surface area contributed by atoms with E-state index in [4.69, 9.17) is 0 Å². The van der Waals surface area contributed by atoms with Gasteiger partial charge in [-0.2, -0.15) is 0 Å². The molecule has 2 rings (SSSR count). The maximum Gasteiger partial charge on any atom is 0.315 e. The molecule has 0 radical (unpaired) electrons. The molecule has 23 heavy (non-hydrogen) atoms. The molecule has 124 valence electrons. The first-order valence-electron chi connectivity index (χ1n) is 7.30. The summed E-state index contributed by atoms with van der Waals surface area (Å²) >= 11 is 0. The molecule has 0 aliphatic carbocycles. The maximum absolute atomic E-state index is 12.9. The topological polar surface area (TPSA) is 90.5 Å². The van der Waals surface area contributed by atoms with Gasteiger partial charge in [0.15, 0.2) is 0 Å². The van der Waals surface area contributed by atoms with Crippen LogP contribution in [0.25, 0.3) is 0 Å². The SMILES string of the molecule is CC(=O)NCCNC(=O)N[C@H]1CC(=O)N(c2ccc(F)cc2)C1. The van der Waals surface area contributed by atoms with Crippen LogP contribution in [0.2, 0.25) is 0 Å². The lowest BCUT2D eigenvalue weighted by molar-refractivity contribution is -0.119. The van der Waals surface area contributed by atoms with Crippen molar-refractivity contribution in [1.29, 1.82) is 0 Å². The van der Waals surface area contributed by atoms with Crippen LogP contribution in [0.5, 0.6) is 0 Å². The van der Waals surface area contributed by atoms with Crippen LogP contribution in [0, 0.1) is 5.82 Å². The van der Waals surface area contributed by atoms with Crippen LogP contribution in [-0.4, -0.2) is 43.5 Å². The van der Waals surface area contributed by atoms with E-state index in [1.54, 1.807) is 0 Å². The minimum atomic E-state index is -0.394. The Bertz CT molecular complexity index is 591. The molecule has 1 saturated heterocycles. The predicted octanol–water partition coefficient (Wildman–Crippen LogP) is 0.366. The lowest BCUT2D eigenvalue weighted by Gasteiger charge is -2.17. The van der Waals surface area contributed by atoms with E-state index < -0.39 is 6.03 Å². The zero-order valence-corrected chi connectivity index (χ0v) is 12.8. The first-order valence-corrected chi connectivity index (χ1v) is 7.30. The number of carbonyl (C=O) groups is 3. The molecule has 1 heterocycles. The number of carbonyl (C=O) groups excluding carboxylic acids is 3. The van der Waals surface area contributed by atoms with Crippen molar-refractivity contribution in [2.45, 2.75) is 19.4 Å². The molecule has 0 saturated carbocycles. The van der Waals surface area contributed by atoms with E-state index in [9.17, 15) is 18.8 Å². The van der Waals surface area contributed by atoms with Crippen LogP contribution < -0.4 is 20.9 Å². The van der Waals surface area contributed by atoms with Gasteiger partial charge in [-0.25, -0.2) is 9.18 Å². The van der Waals surface area contributed by atoms with Crippen LogP contribution in [0.15, 0.2) is 24.3 Å². The van der Waals surface area contributed by atoms with E-state index in [1.165, 1.54) is 36.1 Å². The van der Waals surface area contributed by atoms with E-state index >= 15 is 0 Å². The highest BCUT2D eigenvalue weighted by atomic mass is 19.1. The first kappa shape index (κ1) is 16.7. The smallest absolute Gasteiger partial charge is 0.315 e. The van der Waals surface area contributed by atoms with Crippen LogP contribution >= 0.6 is 0 Å². The van der Waals surface area contributed by atoms with Gasteiger partial charge < -0.3 is 20.9 Å². The Hall–Kier alpha value is -2.64. The van der Waals surface area contributed by atoms with Crippen molar-refractivity contribution >= 4 is 23.5 Å². The van der Waals surface area contributed by atoms with Crippen LogP contribution in [0.1, 0.15) is 13.3 Å². The lowest BCUT2D eigenvalue weighted by atomic mass is 10.2. The molecule has 1 aliphatic rings. The van der Waals surface area contributed by atoms with Crippen LogP contribution in [0.3, 0.4) is 0 Å². The van der Waals surface area contributed by atoms with Gasteiger partial charge in [0.05, 0.1) is 6.04 Å². The molecule has 0 bridgehead atoms. The zero-order valence-electron chi connectivity index (χ0n) is 12.8. The summed E-state index contributed by atoms with van der Waals surface area (Å²) in [5.41, 5.74) is 0.603. The van der Waals surface area contributed by atoms with Gasteiger partial charge in [-0.05, 0) is 24.3 Å². The van der Waals surface area contributed by atoms with Crippen molar-refractivity contribution in [2.75, 3.05) is 24.5 Å². The number of rotatable bonds is 5. The van der Waals surface area contributed by atoms with Crippen LogP contribution in [0.4, 0.5) is 14.9 Å². The first-order chi connectivity index (χ1) is 11.0. The minimum Gasteiger partial charge on any atom is -0.355 e. The highest BCUT2D eigenvalue weighted by Gasteiger charge is 2.31. The average molecular weight is 322 g/mol. The number of nitrogens with zero attached hydrogens (tertiary/aromatic N) is 1. The molecule has 1 aliphatic heterocycles. The standard InChI is InChI=1S/C15H19FN4O3/c1-10(21)17-6-7-18-15(23)19-12-8-14(22)20(9-12)13-4-2-11(16)3-5-13/h2-5,12H,6-9H2,1H3,(H,17,21)(H2,18,19,23)/t12-/m0/s1. The molecule has 1 fully saturated rings. The van der Waals surface area contributed by atoms with Gasteiger partial charge in [0, 0.05) is 38.7 Å². The average Bonchev–Trinajstić information content (AvgIpc) is 2.85. The molecule has 0 spiro atoms. The fraction of sp³-hybridized carbons (Fsp3) is 0.400. The molecule has 0 aromatic heterocycles. The molecule has 7 nitrogen and oxygen atoms in total. The van der Waals surface area contributed by atoms with E-state index in [1.807, 2.05) is 0 Å². The van der Waals surface area contributed by atoms with E-state index in [-0.39, 0.29) is 30.1 Å². The molecular formula is C15H19FN4O3. The summed E-state index contributed by atoms with van der Waals surface area (Å²) in [6.07, 6.45) is 0.191. The van der Waals surface area contributed by atoms with E-state index in [0.29, 0.717) is 25.3 Å². The minimum absolute atomic E-state index is 0.125. The predicted molar refractivity (Wildman–Crippen MR) is 82.4 cm³/mol. The van der Waals surface area contributed by atoms with Gasteiger partial charge in [0.1, 0.15) is 5.82 Å². The van der Waals surface area contributed by atoms with Crippen molar-refractivity contribution in [3.8, 4) is 0 Å². The Balaban J connectivity index is 1.79. The maximum atomic E-state index is 12.9. The van der Waals surface area contributed by atoms with Gasteiger partial charge in [-0.1, -0.05) is 0 Å². The monoisotopic (exact) mass is 322 g/mol. The fourth-order valence-corrected chi connectivity index (χ4v) is 2.33. The Kier molecular flexibility index (Phi) is 5.51. The number of halogens is 1. The summed E-state index contributed by atoms with van der Waals surface area (Å²) in [7, 11) is 0. The second-order valence-corrected chi connectivity index (χ2v) is 5.27. The second-order valence-electron chi connectivity index (χ2n) is 5.27. The normalized spacial score (nSPS) is 17.0. The second kappa shape index (κ2) is 7.57. The third-order valence-corrected chi connectivity index (χ3v) is 3.38. The largest absolute Gasteiger partial charge is 0.355 e. The zero-order chi connectivity index (χ0) is 16.8. The highest BCUT2D eigenvalue weighted by molar-refractivity contribution is 5.96. The molecule has 1 atom stereocenters. The van der Waals surface area contributed by atoms with Gasteiger partial charge in [0.25, 0.3) is 0 Å². The summed E-state index contributed by atoms with van der Waals surface area (Å²) in [5.74, 6) is -0.655. The quantitative estimate of drug-likeness (QED) is 0.684. The molecule has 1 aromatic rings. The Morgan fingerprint density at radius 1 is 1.22 bits per heavy atom. The molecular weight excluding hydrogens is 303 g/mol. The molecule has 0 unspecified atom stereocenters. The van der Waals surface area contributed by atoms with Crippen molar-refractivity contribution < 1.29 is 18.8 Å². The van der Waals surface area contributed by atoms with Crippen molar-refractivity contribution in [3.63, 3.8) is 0 Å². The van der Waals surface area contributed by atoms with Crippen molar-refractivity contribution in [3.05, 3.63) is 30.1 Å². The molecule has 4 amide bonds. The van der Waals surface area contributed by atoms with Crippen LogP contribution in [-0.2, 0) is 9.59 Å². The molecule has 1 aromatic carbocycles. The van der Waals surface area contributed by atoms with E-state index in [2.05, 4.69) is 16.0 Å². The van der Waals surface area contributed by atoms with Gasteiger partial charge in [-0.15, -0.1) is 0 Å².